The van der Waals surface area contributed by atoms with Crippen LogP contribution in [0.3, 0.4) is 0 Å². The first kappa shape index (κ1) is 15.0. The molecule has 1 aromatic carbocycles. The van der Waals surface area contributed by atoms with E-state index in [9.17, 15) is 22.8 Å². The Morgan fingerprint density at radius 2 is 1.53 bits per heavy atom. The van der Waals surface area contributed by atoms with Gasteiger partial charge in [0.15, 0.2) is 0 Å². The molecule has 2 amide bonds. The Labute approximate surface area is 107 Å². The summed E-state index contributed by atoms with van der Waals surface area (Å²) in [5, 5.41) is 0. The van der Waals surface area contributed by atoms with Gasteiger partial charge in [0.2, 0.25) is 11.8 Å². The topological polar surface area (TPSA) is 86.2 Å². The number of benzene rings is 1. The molecule has 7 heteroatoms. The summed E-state index contributed by atoms with van der Waals surface area (Å²) in [6, 6.07) is 4.75. The quantitative estimate of drug-likeness (QED) is 0.853. The van der Waals surface area contributed by atoms with Crippen molar-refractivity contribution in [2.75, 3.05) is 0 Å². The van der Waals surface area contributed by atoms with Gasteiger partial charge in [-0.2, -0.15) is 13.2 Å². The van der Waals surface area contributed by atoms with Crippen molar-refractivity contribution in [1.29, 1.82) is 0 Å². The molecule has 0 bridgehead atoms. The van der Waals surface area contributed by atoms with Gasteiger partial charge >= 0.3 is 6.18 Å². The summed E-state index contributed by atoms with van der Waals surface area (Å²) in [5.41, 5.74) is 8.95. The van der Waals surface area contributed by atoms with Crippen LogP contribution in [-0.4, -0.2) is 11.8 Å². The maximum absolute atomic E-state index is 12.9. The number of nitrogens with two attached hydrogens (primary N) is 2. The maximum atomic E-state index is 12.9. The van der Waals surface area contributed by atoms with Crippen LogP contribution in [0, 0.1) is 0 Å². The molecular weight excluding hydrogens is 261 g/mol. The summed E-state index contributed by atoms with van der Waals surface area (Å²) in [7, 11) is 0. The molecule has 4 N–H and O–H groups in total. The normalized spacial score (nSPS) is 11.6. The van der Waals surface area contributed by atoms with Crippen LogP contribution in [0.1, 0.15) is 29.9 Å². The first-order valence-corrected chi connectivity index (χ1v) is 5.44. The van der Waals surface area contributed by atoms with Crippen molar-refractivity contribution in [2.24, 2.45) is 11.5 Å². The summed E-state index contributed by atoms with van der Waals surface area (Å²) in [6.45, 7) is 0. The van der Waals surface area contributed by atoms with E-state index in [0.29, 0.717) is 0 Å². The van der Waals surface area contributed by atoms with Gasteiger partial charge in [-0.1, -0.05) is 18.2 Å². The van der Waals surface area contributed by atoms with Gasteiger partial charge in [0, 0.05) is 18.8 Å². The van der Waals surface area contributed by atoms with E-state index in [0.717, 1.165) is 6.07 Å². The van der Waals surface area contributed by atoms with Crippen LogP contribution >= 0.6 is 0 Å². The minimum atomic E-state index is -4.57. The average molecular weight is 274 g/mol. The number of halogens is 3. The van der Waals surface area contributed by atoms with Crippen LogP contribution in [0.2, 0.25) is 0 Å². The van der Waals surface area contributed by atoms with Gasteiger partial charge < -0.3 is 11.5 Å². The van der Waals surface area contributed by atoms with Gasteiger partial charge in [0.25, 0.3) is 0 Å². The van der Waals surface area contributed by atoms with Gasteiger partial charge in [0.1, 0.15) is 0 Å². The van der Waals surface area contributed by atoms with Crippen molar-refractivity contribution >= 4 is 11.8 Å². The fourth-order valence-corrected chi connectivity index (χ4v) is 1.89. The molecule has 0 saturated carbocycles. The largest absolute Gasteiger partial charge is 0.416 e. The van der Waals surface area contributed by atoms with Gasteiger partial charge in [-0.05, 0) is 11.6 Å². The van der Waals surface area contributed by atoms with Crippen molar-refractivity contribution in [3.05, 3.63) is 35.4 Å². The van der Waals surface area contributed by atoms with Crippen molar-refractivity contribution in [3.8, 4) is 0 Å². The Balaban J connectivity index is 3.21. The molecule has 0 unspecified atom stereocenters. The zero-order valence-corrected chi connectivity index (χ0v) is 9.91. The molecule has 0 aromatic heterocycles. The predicted octanol–water partition coefficient (Wildman–Crippen LogP) is 1.54. The Morgan fingerprint density at radius 1 is 1.05 bits per heavy atom. The average Bonchev–Trinajstić information content (AvgIpc) is 2.25. The van der Waals surface area contributed by atoms with Gasteiger partial charge in [-0.3, -0.25) is 9.59 Å². The highest BCUT2D eigenvalue weighted by Crippen LogP contribution is 2.37. The van der Waals surface area contributed by atoms with Crippen molar-refractivity contribution in [3.63, 3.8) is 0 Å². The number of alkyl halides is 3. The van der Waals surface area contributed by atoms with Crippen molar-refractivity contribution in [1.82, 2.24) is 0 Å². The molecule has 19 heavy (non-hydrogen) atoms. The van der Waals surface area contributed by atoms with E-state index in [4.69, 9.17) is 11.5 Å². The Hall–Kier alpha value is -2.05. The number of carbonyl (C=O) groups is 2. The lowest BCUT2D eigenvalue weighted by Crippen LogP contribution is -2.23. The van der Waals surface area contributed by atoms with Crippen LogP contribution < -0.4 is 11.5 Å². The van der Waals surface area contributed by atoms with E-state index in [2.05, 4.69) is 0 Å². The summed E-state index contributed by atoms with van der Waals surface area (Å²) in [6.07, 6.45) is -5.30. The number of carbonyl (C=O) groups excluding carboxylic acids is 2. The van der Waals surface area contributed by atoms with Crippen LogP contribution in [0.4, 0.5) is 13.2 Å². The van der Waals surface area contributed by atoms with Gasteiger partial charge in [0.05, 0.1) is 5.56 Å². The molecule has 0 aliphatic carbocycles. The fourth-order valence-electron chi connectivity index (χ4n) is 1.89. The molecule has 0 atom stereocenters. The molecule has 1 aromatic rings. The van der Waals surface area contributed by atoms with Gasteiger partial charge in [-0.25, -0.2) is 0 Å². The molecular formula is C12H13F3N2O2. The SMILES string of the molecule is NC(=O)CC(CC(N)=O)c1ccccc1C(F)(F)F. The second-order valence-corrected chi connectivity index (χ2v) is 4.12. The molecule has 0 radical (unpaired) electrons. The monoisotopic (exact) mass is 274 g/mol. The van der Waals surface area contributed by atoms with E-state index in [1.54, 1.807) is 0 Å². The highest BCUT2D eigenvalue weighted by Gasteiger charge is 2.35. The highest BCUT2D eigenvalue weighted by atomic mass is 19.4. The lowest BCUT2D eigenvalue weighted by atomic mass is 9.88. The number of hydrogen-bond donors (Lipinski definition) is 2. The van der Waals surface area contributed by atoms with Crippen LogP contribution in [-0.2, 0) is 15.8 Å². The minimum Gasteiger partial charge on any atom is -0.370 e. The van der Waals surface area contributed by atoms with E-state index >= 15 is 0 Å². The summed E-state index contributed by atoms with van der Waals surface area (Å²) >= 11 is 0. The second-order valence-electron chi connectivity index (χ2n) is 4.12. The third kappa shape index (κ3) is 4.27. The minimum absolute atomic E-state index is 0.146. The van der Waals surface area contributed by atoms with Crippen LogP contribution in [0.5, 0.6) is 0 Å². The van der Waals surface area contributed by atoms with Crippen LogP contribution in [0.25, 0.3) is 0 Å². The van der Waals surface area contributed by atoms with Crippen molar-refractivity contribution in [2.45, 2.75) is 24.9 Å². The molecule has 0 saturated heterocycles. The first-order chi connectivity index (χ1) is 8.71. The number of rotatable bonds is 5. The smallest absolute Gasteiger partial charge is 0.370 e. The van der Waals surface area contributed by atoms with E-state index < -0.39 is 29.5 Å². The summed E-state index contributed by atoms with van der Waals surface area (Å²) in [5.74, 6) is -2.54. The molecule has 0 heterocycles. The first-order valence-electron chi connectivity index (χ1n) is 5.44. The fraction of sp³-hybridized carbons (Fsp3) is 0.333. The molecule has 1 rings (SSSR count). The molecule has 0 spiro atoms. The lowest BCUT2D eigenvalue weighted by molar-refractivity contribution is -0.139. The number of primary amides is 2. The number of amides is 2. The third-order valence-electron chi connectivity index (χ3n) is 2.60. The Morgan fingerprint density at radius 3 is 1.95 bits per heavy atom. The third-order valence-corrected chi connectivity index (χ3v) is 2.60. The molecule has 0 aliphatic rings. The number of hydrogen-bond acceptors (Lipinski definition) is 2. The predicted molar refractivity (Wildman–Crippen MR) is 61.8 cm³/mol. The van der Waals surface area contributed by atoms with Crippen LogP contribution in [0.15, 0.2) is 24.3 Å². The maximum Gasteiger partial charge on any atom is 0.416 e. The highest BCUT2D eigenvalue weighted by molar-refractivity contribution is 5.78. The second kappa shape index (κ2) is 5.73. The van der Waals surface area contributed by atoms with E-state index in [-0.39, 0.29) is 18.4 Å². The van der Waals surface area contributed by atoms with Crippen molar-refractivity contribution < 1.29 is 22.8 Å². The molecule has 0 aliphatic heterocycles. The van der Waals surface area contributed by atoms with Gasteiger partial charge in [-0.15, -0.1) is 0 Å². The lowest BCUT2D eigenvalue weighted by Gasteiger charge is -2.19. The zero-order chi connectivity index (χ0) is 14.6. The summed E-state index contributed by atoms with van der Waals surface area (Å²) < 4.78 is 38.6. The molecule has 0 fully saturated rings. The summed E-state index contributed by atoms with van der Waals surface area (Å²) in [4.78, 5) is 21.8. The van der Waals surface area contributed by atoms with E-state index in [1.165, 1.54) is 18.2 Å². The molecule has 104 valence electrons. The van der Waals surface area contributed by atoms with E-state index in [1.807, 2.05) is 0 Å². The Kier molecular flexibility index (Phi) is 4.52. The zero-order valence-electron chi connectivity index (χ0n) is 9.91. The Bertz CT molecular complexity index is 470. The standard InChI is InChI=1S/C12H13F3N2O2/c13-12(14,15)9-4-2-1-3-8(9)7(5-10(16)18)6-11(17)19/h1-4,7H,5-6H2,(H2,16,18)(H2,17,19). The molecule has 4 nitrogen and oxygen atoms in total.